The summed E-state index contributed by atoms with van der Waals surface area (Å²) in [7, 11) is 0. The summed E-state index contributed by atoms with van der Waals surface area (Å²) < 4.78 is 2.35. The Labute approximate surface area is 154 Å². The Morgan fingerprint density at radius 3 is 2.64 bits per heavy atom. The van der Waals surface area contributed by atoms with Crippen molar-refractivity contribution in [1.82, 2.24) is 25.3 Å². The molecule has 1 amide bonds. The van der Waals surface area contributed by atoms with Crippen molar-refractivity contribution in [2.45, 2.75) is 13.8 Å². The first kappa shape index (κ1) is 17.4. The van der Waals surface area contributed by atoms with Crippen LogP contribution in [0.3, 0.4) is 0 Å². The standard InChI is InChI=1S/C16H17ClN6OS/c1-10-9-11(2)23(22-10)15-6-5-14(20-21-15)18-7-8-19-16(24)12-3-4-13(17)25-12/h3-6,9H,7-8H2,1-2H3,(H,18,20)(H,19,24). The van der Waals surface area contributed by atoms with E-state index in [9.17, 15) is 4.79 Å². The maximum absolute atomic E-state index is 11.9. The molecule has 3 aromatic rings. The van der Waals surface area contributed by atoms with Crippen molar-refractivity contribution in [3.8, 4) is 5.82 Å². The van der Waals surface area contributed by atoms with E-state index in [1.165, 1.54) is 11.3 Å². The van der Waals surface area contributed by atoms with E-state index in [0.717, 1.165) is 11.4 Å². The molecule has 0 aliphatic heterocycles. The van der Waals surface area contributed by atoms with Gasteiger partial charge in [0.15, 0.2) is 5.82 Å². The van der Waals surface area contributed by atoms with Crippen molar-refractivity contribution in [3.05, 3.63) is 50.9 Å². The van der Waals surface area contributed by atoms with E-state index in [4.69, 9.17) is 11.6 Å². The van der Waals surface area contributed by atoms with Gasteiger partial charge in [0, 0.05) is 18.8 Å². The molecule has 0 radical (unpaired) electrons. The number of hydrogen-bond acceptors (Lipinski definition) is 6. The fourth-order valence-corrected chi connectivity index (χ4v) is 3.24. The van der Waals surface area contributed by atoms with Crippen LogP contribution in [0.4, 0.5) is 5.82 Å². The van der Waals surface area contributed by atoms with Crippen LogP contribution in [0, 0.1) is 13.8 Å². The van der Waals surface area contributed by atoms with Crippen LogP contribution in [0.5, 0.6) is 0 Å². The zero-order valence-corrected chi connectivity index (χ0v) is 15.4. The highest BCUT2D eigenvalue weighted by Crippen LogP contribution is 2.20. The number of nitrogens with zero attached hydrogens (tertiary/aromatic N) is 4. The molecule has 7 nitrogen and oxygen atoms in total. The normalized spacial score (nSPS) is 10.7. The van der Waals surface area contributed by atoms with Gasteiger partial charge in [-0.15, -0.1) is 21.5 Å². The van der Waals surface area contributed by atoms with Gasteiger partial charge >= 0.3 is 0 Å². The zero-order valence-electron chi connectivity index (χ0n) is 13.8. The van der Waals surface area contributed by atoms with Gasteiger partial charge in [0.05, 0.1) is 14.9 Å². The molecule has 3 aromatic heterocycles. The molecule has 0 atom stereocenters. The Morgan fingerprint density at radius 1 is 1.20 bits per heavy atom. The first-order valence-electron chi connectivity index (χ1n) is 7.68. The van der Waals surface area contributed by atoms with Gasteiger partial charge in [0.2, 0.25) is 0 Å². The summed E-state index contributed by atoms with van der Waals surface area (Å²) in [4.78, 5) is 12.5. The summed E-state index contributed by atoms with van der Waals surface area (Å²) in [5.41, 5.74) is 1.94. The highest BCUT2D eigenvalue weighted by atomic mass is 35.5. The van der Waals surface area contributed by atoms with Gasteiger partial charge < -0.3 is 10.6 Å². The van der Waals surface area contributed by atoms with Crippen LogP contribution in [0.2, 0.25) is 4.34 Å². The van der Waals surface area contributed by atoms with Gasteiger partial charge in [-0.3, -0.25) is 4.79 Å². The lowest BCUT2D eigenvalue weighted by molar-refractivity contribution is 0.0959. The molecule has 130 valence electrons. The number of nitrogens with one attached hydrogen (secondary N) is 2. The Morgan fingerprint density at radius 2 is 2.04 bits per heavy atom. The molecular weight excluding hydrogens is 360 g/mol. The van der Waals surface area contributed by atoms with Crippen LogP contribution in [0.15, 0.2) is 30.3 Å². The van der Waals surface area contributed by atoms with E-state index in [-0.39, 0.29) is 5.91 Å². The predicted octanol–water partition coefficient (Wildman–Crippen LogP) is 2.84. The summed E-state index contributed by atoms with van der Waals surface area (Å²) in [6.45, 7) is 4.91. The van der Waals surface area contributed by atoms with Crippen LogP contribution < -0.4 is 10.6 Å². The third-order valence-corrected chi connectivity index (χ3v) is 4.62. The van der Waals surface area contributed by atoms with Crippen LogP contribution in [-0.4, -0.2) is 39.0 Å². The topological polar surface area (TPSA) is 84.7 Å². The molecule has 2 N–H and O–H groups in total. The van der Waals surface area contributed by atoms with E-state index < -0.39 is 0 Å². The zero-order chi connectivity index (χ0) is 17.8. The van der Waals surface area contributed by atoms with Gasteiger partial charge in [0.25, 0.3) is 5.91 Å². The SMILES string of the molecule is Cc1cc(C)n(-c2ccc(NCCNC(=O)c3ccc(Cl)s3)nn2)n1. The average Bonchev–Trinajstić information content (AvgIpc) is 3.17. The quantitative estimate of drug-likeness (QED) is 0.646. The van der Waals surface area contributed by atoms with Gasteiger partial charge in [0.1, 0.15) is 5.82 Å². The van der Waals surface area contributed by atoms with Gasteiger partial charge in [-0.25, -0.2) is 4.68 Å². The number of carbonyl (C=O) groups excluding carboxylic acids is 1. The molecule has 0 aliphatic rings. The molecule has 0 unspecified atom stereocenters. The Balaban J connectivity index is 1.49. The summed E-state index contributed by atoms with van der Waals surface area (Å²) in [5, 5.41) is 18.6. The third kappa shape index (κ3) is 4.34. The molecule has 9 heteroatoms. The minimum Gasteiger partial charge on any atom is -0.367 e. The highest BCUT2D eigenvalue weighted by molar-refractivity contribution is 7.17. The monoisotopic (exact) mass is 376 g/mol. The lowest BCUT2D eigenvalue weighted by Crippen LogP contribution is -2.28. The van der Waals surface area contributed by atoms with Crippen molar-refractivity contribution in [2.24, 2.45) is 0 Å². The van der Waals surface area contributed by atoms with Gasteiger partial charge in [-0.2, -0.15) is 5.10 Å². The fraction of sp³-hybridized carbons (Fsp3) is 0.250. The Kier molecular flexibility index (Phi) is 5.30. The fourth-order valence-electron chi connectivity index (χ4n) is 2.28. The number of hydrogen-bond donors (Lipinski definition) is 2. The summed E-state index contributed by atoms with van der Waals surface area (Å²) in [5.74, 6) is 1.17. The van der Waals surface area contributed by atoms with Crippen LogP contribution in [0.1, 0.15) is 21.1 Å². The minimum atomic E-state index is -0.135. The molecule has 0 aromatic carbocycles. The maximum atomic E-state index is 11.9. The van der Waals surface area contributed by atoms with E-state index >= 15 is 0 Å². The van der Waals surface area contributed by atoms with Gasteiger partial charge in [-0.1, -0.05) is 11.6 Å². The molecule has 0 saturated heterocycles. The maximum Gasteiger partial charge on any atom is 0.261 e. The molecule has 3 heterocycles. The molecule has 25 heavy (non-hydrogen) atoms. The lowest BCUT2D eigenvalue weighted by Gasteiger charge is -2.07. The van der Waals surface area contributed by atoms with E-state index in [2.05, 4.69) is 25.9 Å². The molecule has 0 spiro atoms. The van der Waals surface area contributed by atoms with Crippen LogP contribution in [-0.2, 0) is 0 Å². The number of anilines is 1. The number of carbonyl (C=O) groups is 1. The van der Waals surface area contributed by atoms with Crippen molar-refractivity contribution in [2.75, 3.05) is 18.4 Å². The number of rotatable bonds is 6. The Hall–Kier alpha value is -2.45. The second-order valence-electron chi connectivity index (χ2n) is 5.40. The predicted molar refractivity (Wildman–Crippen MR) is 98.8 cm³/mol. The van der Waals surface area contributed by atoms with Gasteiger partial charge in [-0.05, 0) is 44.2 Å². The molecule has 0 aliphatic carbocycles. The summed E-state index contributed by atoms with van der Waals surface area (Å²) in [6.07, 6.45) is 0. The molecular formula is C16H17ClN6OS. The number of aromatic nitrogens is 4. The first-order chi connectivity index (χ1) is 12.0. The third-order valence-electron chi connectivity index (χ3n) is 3.39. The van der Waals surface area contributed by atoms with E-state index in [0.29, 0.717) is 33.9 Å². The molecule has 0 saturated carbocycles. The number of halogens is 1. The molecule has 0 bridgehead atoms. The molecule has 3 rings (SSSR count). The van der Waals surface area contributed by atoms with Crippen LogP contribution in [0.25, 0.3) is 5.82 Å². The largest absolute Gasteiger partial charge is 0.367 e. The number of aryl methyl sites for hydroxylation is 2. The van der Waals surface area contributed by atoms with Crippen molar-refractivity contribution in [1.29, 1.82) is 0 Å². The summed E-state index contributed by atoms with van der Waals surface area (Å²) in [6, 6.07) is 9.08. The lowest BCUT2D eigenvalue weighted by atomic mass is 10.4. The second kappa shape index (κ2) is 7.62. The van der Waals surface area contributed by atoms with Crippen molar-refractivity contribution < 1.29 is 4.79 Å². The minimum absolute atomic E-state index is 0.135. The van der Waals surface area contributed by atoms with Crippen LogP contribution >= 0.6 is 22.9 Å². The van der Waals surface area contributed by atoms with Crippen molar-refractivity contribution >= 4 is 34.7 Å². The number of amides is 1. The number of thiophene rings is 1. The first-order valence-corrected chi connectivity index (χ1v) is 8.87. The second-order valence-corrected chi connectivity index (χ2v) is 7.12. The summed E-state index contributed by atoms with van der Waals surface area (Å²) >= 11 is 7.07. The van der Waals surface area contributed by atoms with Crippen molar-refractivity contribution in [3.63, 3.8) is 0 Å². The highest BCUT2D eigenvalue weighted by Gasteiger charge is 2.08. The Bertz CT molecular complexity index is 873. The smallest absolute Gasteiger partial charge is 0.261 e. The van der Waals surface area contributed by atoms with E-state index in [1.807, 2.05) is 32.0 Å². The van der Waals surface area contributed by atoms with E-state index in [1.54, 1.807) is 16.8 Å². The average molecular weight is 377 g/mol. The molecule has 0 fully saturated rings.